The Kier molecular flexibility index (Phi) is 6.92. The van der Waals surface area contributed by atoms with E-state index in [9.17, 15) is 9.59 Å². The fourth-order valence-electron chi connectivity index (χ4n) is 1.61. The first-order valence-electron chi connectivity index (χ1n) is 6.67. The summed E-state index contributed by atoms with van der Waals surface area (Å²) in [5.74, 6) is 5.11. The molecule has 1 heterocycles. The van der Waals surface area contributed by atoms with E-state index in [0.29, 0.717) is 24.1 Å². The number of likely N-dealkylation sites (N-methyl/N-ethyl adjacent to an activating group) is 2. The van der Waals surface area contributed by atoms with Gasteiger partial charge in [-0.1, -0.05) is 11.8 Å². The highest BCUT2D eigenvalue weighted by molar-refractivity contribution is 5.96. The van der Waals surface area contributed by atoms with Gasteiger partial charge in [0.25, 0.3) is 5.91 Å². The highest BCUT2D eigenvalue weighted by Gasteiger charge is 2.17. The van der Waals surface area contributed by atoms with Gasteiger partial charge in [-0.3, -0.25) is 14.6 Å². The van der Waals surface area contributed by atoms with Crippen molar-refractivity contribution < 1.29 is 14.7 Å². The van der Waals surface area contributed by atoms with E-state index in [4.69, 9.17) is 5.11 Å². The molecule has 0 fully saturated rings. The van der Waals surface area contributed by atoms with Crippen molar-refractivity contribution >= 4 is 11.8 Å². The minimum Gasteiger partial charge on any atom is -0.395 e. The number of pyridine rings is 1. The molecule has 0 unspecified atom stereocenters. The molecule has 0 spiro atoms. The quantitative estimate of drug-likeness (QED) is 0.749. The van der Waals surface area contributed by atoms with Crippen LogP contribution in [0.5, 0.6) is 0 Å². The van der Waals surface area contributed by atoms with Crippen LogP contribution in [0.4, 0.5) is 0 Å². The van der Waals surface area contributed by atoms with E-state index in [1.807, 2.05) is 0 Å². The fourth-order valence-corrected chi connectivity index (χ4v) is 1.61. The number of rotatable bonds is 5. The topological polar surface area (TPSA) is 82.5 Å². The van der Waals surface area contributed by atoms with E-state index in [1.54, 1.807) is 19.2 Å². The van der Waals surface area contributed by atoms with Gasteiger partial charge in [0.2, 0.25) is 5.91 Å². The Labute approximate surface area is 124 Å². The summed E-state index contributed by atoms with van der Waals surface area (Å²) >= 11 is 0. The molecule has 6 nitrogen and oxygen atoms in total. The van der Waals surface area contributed by atoms with Crippen LogP contribution in [0.25, 0.3) is 0 Å². The van der Waals surface area contributed by atoms with Crippen LogP contribution < -0.4 is 5.32 Å². The van der Waals surface area contributed by atoms with Crippen molar-refractivity contribution in [1.29, 1.82) is 0 Å². The summed E-state index contributed by atoms with van der Waals surface area (Å²) in [6, 6.07) is 1.63. The van der Waals surface area contributed by atoms with Gasteiger partial charge < -0.3 is 15.3 Å². The molecule has 0 radical (unpaired) electrons. The number of hydrogen-bond donors (Lipinski definition) is 2. The van der Waals surface area contributed by atoms with Crippen LogP contribution in [0.1, 0.15) is 29.3 Å². The normalized spacial score (nSPS) is 9.48. The summed E-state index contributed by atoms with van der Waals surface area (Å²) in [4.78, 5) is 29.1. The SMILES string of the molecule is CCN(CC(=O)NC)C(=O)c1cncc(C#CCCO)c1. The van der Waals surface area contributed by atoms with Crippen LogP contribution in [0.3, 0.4) is 0 Å². The van der Waals surface area contributed by atoms with Crippen LogP contribution in [0, 0.1) is 11.8 Å². The van der Waals surface area contributed by atoms with Gasteiger partial charge in [0.1, 0.15) is 0 Å². The van der Waals surface area contributed by atoms with Crippen molar-refractivity contribution in [1.82, 2.24) is 15.2 Å². The molecule has 0 aliphatic rings. The second-order valence-electron chi connectivity index (χ2n) is 4.23. The van der Waals surface area contributed by atoms with Crippen molar-refractivity contribution in [3.8, 4) is 11.8 Å². The molecule has 2 N–H and O–H groups in total. The molecule has 0 saturated carbocycles. The third-order valence-electron chi connectivity index (χ3n) is 2.74. The van der Waals surface area contributed by atoms with E-state index in [2.05, 4.69) is 22.1 Å². The number of nitrogens with zero attached hydrogens (tertiary/aromatic N) is 2. The Bertz CT molecular complexity index is 561. The molecule has 6 heteroatoms. The summed E-state index contributed by atoms with van der Waals surface area (Å²) in [6.07, 6.45) is 3.37. The van der Waals surface area contributed by atoms with Crippen molar-refractivity contribution in [2.24, 2.45) is 0 Å². The van der Waals surface area contributed by atoms with Gasteiger partial charge in [0.15, 0.2) is 0 Å². The number of carbonyl (C=O) groups is 2. The molecule has 0 atom stereocenters. The largest absolute Gasteiger partial charge is 0.395 e. The number of aliphatic hydroxyl groups excluding tert-OH is 1. The number of aromatic nitrogens is 1. The maximum absolute atomic E-state index is 12.3. The molecule has 2 amide bonds. The van der Waals surface area contributed by atoms with Gasteiger partial charge in [-0.2, -0.15) is 0 Å². The Morgan fingerprint density at radius 2 is 2.19 bits per heavy atom. The first-order chi connectivity index (χ1) is 10.1. The highest BCUT2D eigenvalue weighted by Crippen LogP contribution is 2.06. The van der Waals surface area contributed by atoms with E-state index in [-0.39, 0.29) is 25.0 Å². The minimum absolute atomic E-state index is 0.00517. The Balaban J connectivity index is 2.88. The lowest BCUT2D eigenvalue weighted by Crippen LogP contribution is -2.39. The molecular formula is C15H19N3O3. The van der Waals surface area contributed by atoms with Crippen LogP contribution in [-0.2, 0) is 4.79 Å². The zero-order chi connectivity index (χ0) is 15.7. The van der Waals surface area contributed by atoms with E-state index >= 15 is 0 Å². The van der Waals surface area contributed by atoms with Gasteiger partial charge in [-0.05, 0) is 13.0 Å². The lowest BCUT2D eigenvalue weighted by molar-refractivity contribution is -0.121. The molecular weight excluding hydrogens is 270 g/mol. The minimum atomic E-state index is -0.264. The van der Waals surface area contributed by atoms with Crippen molar-refractivity contribution in [2.45, 2.75) is 13.3 Å². The summed E-state index contributed by atoms with van der Waals surface area (Å²) in [6.45, 7) is 2.23. The number of amides is 2. The Morgan fingerprint density at radius 1 is 1.43 bits per heavy atom. The molecule has 0 aliphatic heterocycles. The average molecular weight is 289 g/mol. The molecule has 1 aromatic rings. The predicted octanol–water partition coefficient (Wildman–Crippen LogP) is 0.0236. The number of nitrogens with one attached hydrogen (secondary N) is 1. The molecule has 0 aromatic carbocycles. The van der Waals surface area contributed by atoms with Gasteiger partial charge in [0, 0.05) is 38.0 Å². The first-order valence-corrected chi connectivity index (χ1v) is 6.67. The number of carbonyl (C=O) groups excluding carboxylic acids is 2. The van der Waals surface area contributed by atoms with Crippen molar-refractivity contribution in [3.05, 3.63) is 29.6 Å². The molecule has 0 aliphatic carbocycles. The molecule has 21 heavy (non-hydrogen) atoms. The zero-order valence-corrected chi connectivity index (χ0v) is 12.2. The molecule has 112 valence electrons. The Morgan fingerprint density at radius 3 is 2.81 bits per heavy atom. The summed E-state index contributed by atoms with van der Waals surface area (Å²) < 4.78 is 0. The van der Waals surface area contributed by atoms with Gasteiger partial charge in [0.05, 0.1) is 18.7 Å². The summed E-state index contributed by atoms with van der Waals surface area (Å²) in [5.41, 5.74) is 0.988. The lowest BCUT2D eigenvalue weighted by atomic mass is 10.2. The van der Waals surface area contributed by atoms with Crippen LogP contribution in [-0.4, -0.2) is 53.5 Å². The lowest BCUT2D eigenvalue weighted by Gasteiger charge is -2.19. The van der Waals surface area contributed by atoms with Crippen molar-refractivity contribution in [2.75, 3.05) is 26.7 Å². The highest BCUT2D eigenvalue weighted by atomic mass is 16.2. The standard InChI is InChI=1S/C15H19N3O3/c1-3-18(11-14(20)16-2)15(21)13-8-12(9-17-10-13)6-4-5-7-19/h8-10,19H,3,5,7,11H2,1-2H3,(H,16,20). The third-order valence-corrected chi connectivity index (χ3v) is 2.74. The van der Waals surface area contributed by atoms with Gasteiger partial charge in [-0.15, -0.1) is 0 Å². The second-order valence-corrected chi connectivity index (χ2v) is 4.23. The average Bonchev–Trinajstić information content (AvgIpc) is 2.52. The van der Waals surface area contributed by atoms with Gasteiger partial charge >= 0.3 is 0 Å². The summed E-state index contributed by atoms with van der Waals surface area (Å²) in [7, 11) is 1.53. The molecule has 1 aromatic heterocycles. The first kappa shape index (κ1) is 16.7. The van der Waals surface area contributed by atoms with E-state index in [0.717, 1.165) is 0 Å². The third kappa shape index (κ3) is 5.24. The molecule has 0 bridgehead atoms. The maximum atomic E-state index is 12.3. The summed E-state index contributed by atoms with van der Waals surface area (Å²) in [5, 5.41) is 11.2. The second kappa shape index (κ2) is 8.72. The van der Waals surface area contributed by atoms with Gasteiger partial charge in [-0.25, -0.2) is 0 Å². The monoisotopic (exact) mass is 289 g/mol. The van der Waals surface area contributed by atoms with Crippen molar-refractivity contribution in [3.63, 3.8) is 0 Å². The van der Waals surface area contributed by atoms with E-state index in [1.165, 1.54) is 18.1 Å². The van der Waals surface area contributed by atoms with E-state index < -0.39 is 0 Å². The van der Waals surface area contributed by atoms with Crippen LogP contribution >= 0.6 is 0 Å². The predicted molar refractivity (Wildman–Crippen MR) is 78.5 cm³/mol. The molecule has 0 saturated heterocycles. The number of aliphatic hydroxyl groups is 1. The van der Waals surface area contributed by atoms with Crippen LogP contribution in [0.15, 0.2) is 18.5 Å². The smallest absolute Gasteiger partial charge is 0.255 e. The maximum Gasteiger partial charge on any atom is 0.255 e. The zero-order valence-electron chi connectivity index (χ0n) is 12.2. The Hall–Kier alpha value is -2.39. The fraction of sp³-hybridized carbons (Fsp3) is 0.400. The van der Waals surface area contributed by atoms with Crippen LogP contribution in [0.2, 0.25) is 0 Å². The number of hydrogen-bond acceptors (Lipinski definition) is 4. The molecule has 1 rings (SSSR count).